The van der Waals surface area contributed by atoms with E-state index in [4.69, 9.17) is 16.3 Å². The number of carbonyl (C=O) groups is 1. The van der Waals surface area contributed by atoms with E-state index in [9.17, 15) is 4.79 Å². The van der Waals surface area contributed by atoms with Gasteiger partial charge in [0.05, 0.1) is 25.2 Å². The quantitative estimate of drug-likeness (QED) is 0.536. The number of ether oxygens (including phenoxy) is 1. The molecule has 0 aliphatic carbocycles. The predicted molar refractivity (Wildman–Crippen MR) is 107 cm³/mol. The van der Waals surface area contributed by atoms with Crippen LogP contribution in [0.25, 0.3) is 0 Å². The highest BCUT2D eigenvalue weighted by atomic mass is 35.5. The van der Waals surface area contributed by atoms with Crippen molar-refractivity contribution in [2.45, 2.75) is 13.5 Å². The second kappa shape index (κ2) is 8.34. The Morgan fingerprint density at radius 1 is 1.27 bits per heavy atom. The van der Waals surface area contributed by atoms with Crippen LogP contribution in [0.4, 0.5) is 5.82 Å². The Morgan fingerprint density at radius 3 is 2.77 bits per heavy atom. The summed E-state index contributed by atoms with van der Waals surface area (Å²) in [5.74, 6) is 1.35. The van der Waals surface area contributed by atoms with Crippen LogP contribution in [-0.2, 0) is 6.54 Å². The van der Waals surface area contributed by atoms with Gasteiger partial charge < -0.3 is 9.64 Å². The fourth-order valence-electron chi connectivity index (χ4n) is 2.71. The summed E-state index contributed by atoms with van der Waals surface area (Å²) < 4.78 is 5.15. The molecule has 0 unspecified atom stereocenters. The minimum atomic E-state index is -0.0174. The van der Waals surface area contributed by atoms with E-state index >= 15 is 0 Å². The molecule has 4 nitrogen and oxygen atoms in total. The summed E-state index contributed by atoms with van der Waals surface area (Å²) in [6, 6.07) is 13.1. The Labute approximate surface area is 162 Å². The van der Waals surface area contributed by atoms with Crippen LogP contribution in [0, 0.1) is 6.92 Å². The number of benzene rings is 1. The average molecular weight is 387 g/mol. The third kappa shape index (κ3) is 4.23. The highest BCUT2D eigenvalue weighted by Crippen LogP contribution is 2.26. The number of Topliss-reactive ketones (excluding diaryl/α,β-unsaturated/α-hetero) is 1. The number of carbonyl (C=O) groups excluding carboxylic acids is 1. The third-order valence-corrected chi connectivity index (χ3v) is 5.17. The number of thiophene rings is 1. The maximum absolute atomic E-state index is 12.9. The zero-order chi connectivity index (χ0) is 18.5. The van der Waals surface area contributed by atoms with E-state index in [1.165, 1.54) is 4.88 Å². The van der Waals surface area contributed by atoms with E-state index in [2.05, 4.69) is 11.1 Å². The minimum Gasteiger partial charge on any atom is -0.495 e. The summed E-state index contributed by atoms with van der Waals surface area (Å²) in [6.45, 7) is 2.85. The highest BCUT2D eigenvalue weighted by Gasteiger charge is 2.18. The number of aromatic nitrogens is 1. The number of hydrogen-bond donors (Lipinski definition) is 0. The van der Waals surface area contributed by atoms with Crippen molar-refractivity contribution in [3.63, 3.8) is 0 Å². The predicted octanol–water partition coefficient (Wildman–Crippen LogP) is 5.00. The van der Waals surface area contributed by atoms with E-state index in [1.54, 1.807) is 42.8 Å². The van der Waals surface area contributed by atoms with Gasteiger partial charge in [0, 0.05) is 16.6 Å². The Bertz CT molecular complexity index is 897. The van der Waals surface area contributed by atoms with Crippen molar-refractivity contribution in [1.29, 1.82) is 0 Å². The molecule has 134 valence electrons. The molecule has 3 rings (SSSR count). The third-order valence-electron chi connectivity index (χ3n) is 4.02. The van der Waals surface area contributed by atoms with E-state index in [0.717, 1.165) is 11.4 Å². The largest absolute Gasteiger partial charge is 0.495 e. The number of halogens is 1. The molecule has 0 bridgehead atoms. The molecule has 0 saturated carbocycles. The van der Waals surface area contributed by atoms with Crippen molar-refractivity contribution in [2.75, 3.05) is 18.6 Å². The van der Waals surface area contributed by atoms with Gasteiger partial charge in [-0.25, -0.2) is 4.98 Å². The molecule has 0 N–H and O–H groups in total. The molecule has 6 heteroatoms. The Kier molecular flexibility index (Phi) is 5.91. The van der Waals surface area contributed by atoms with Crippen LogP contribution in [-0.4, -0.2) is 24.4 Å². The number of anilines is 1. The lowest BCUT2D eigenvalue weighted by Crippen LogP contribution is -2.30. The van der Waals surface area contributed by atoms with Gasteiger partial charge in [0.25, 0.3) is 0 Å². The molecule has 0 fully saturated rings. The molecule has 1 aromatic carbocycles. The van der Waals surface area contributed by atoms with Gasteiger partial charge >= 0.3 is 0 Å². The number of rotatable bonds is 7. The van der Waals surface area contributed by atoms with Crippen molar-refractivity contribution in [2.24, 2.45) is 0 Å². The van der Waals surface area contributed by atoms with Gasteiger partial charge in [0.2, 0.25) is 0 Å². The number of nitrogens with zero attached hydrogens (tertiary/aromatic N) is 2. The molecule has 0 amide bonds. The first-order chi connectivity index (χ1) is 12.6. The lowest BCUT2D eigenvalue weighted by atomic mass is 10.1. The van der Waals surface area contributed by atoms with Crippen molar-refractivity contribution >= 4 is 34.5 Å². The van der Waals surface area contributed by atoms with Gasteiger partial charge in [-0.3, -0.25) is 4.79 Å². The maximum atomic E-state index is 12.9. The van der Waals surface area contributed by atoms with Crippen LogP contribution in [0.3, 0.4) is 0 Å². The zero-order valence-electron chi connectivity index (χ0n) is 14.6. The number of ketones is 1. The normalized spacial score (nSPS) is 10.6. The average Bonchev–Trinajstić information content (AvgIpc) is 3.14. The molecule has 0 radical (unpaired) electrons. The zero-order valence-corrected chi connectivity index (χ0v) is 16.2. The first kappa shape index (κ1) is 18.4. The topological polar surface area (TPSA) is 42.4 Å². The van der Waals surface area contributed by atoms with Gasteiger partial charge in [-0.05, 0) is 48.2 Å². The minimum absolute atomic E-state index is 0.0174. The standard InChI is InChI=1S/C20H19ClN2O2S/c1-14-5-3-9-22-20(14)23(12-16-6-4-10-26-16)13-18(24)15-7-8-19(25-2)17(21)11-15/h3-11H,12-13H2,1-2H3. The molecule has 26 heavy (non-hydrogen) atoms. The summed E-state index contributed by atoms with van der Waals surface area (Å²) in [7, 11) is 1.55. The van der Waals surface area contributed by atoms with Crippen LogP contribution >= 0.6 is 22.9 Å². The van der Waals surface area contributed by atoms with Gasteiger partial charge in [-0.15, -0.1) is 11.3 Å². The first-order valence-electron chi connectivity index (χ1n) is 8.14. The van der Waals surface area contributed by atoms with Gasteiger partial charge in [0.15, 0.2) is 5.78 Å². The number of hydrogen-bond acceptors (Lipinski definition) is 5. The second-order valence-electron chi connectivity index (χ2n) is 5.85. The summed E-state index contributed by atoms with van der Waals surface area (Å²) in [6.07, 6.45) is 1.75. The molecule has 0 atom stereocenters. The van der Waals surface area contributed by atoms with Crippen LogP contribution in [0.15, 0.2) is 54.0 Å². The Balaban J connectivity index is 1.86. The SMILES string of the molecule is COc1ccc(C(=O)CN(Cc2cccs2)c2ncccc2C)cc1Cl. The van der Waals surface area contributed by atoms with E-state index in [-0.39, 0.29) is 12.3 Å². The lowest BCUT2D eigenvalue weighted by molar-refractivity contribution is 0.0998. The number of aryl methyl sites for hydroxylation is 1. The molecule has 0 aliphatic rings. The van der Waals surface area contributed by atoms with E-state index in [0.29, 0.717) is 22.9 Å². The van der Waals surface area contributed by atoms with Gasteiger partial charge in [-0.2, -0.15) is 0 Å². The number of pyridine rings is 1. The molecule has 0 saturated heterocycles. The van der Waals surface area contributed by atoms with Crippen molar-refractivity contribution < 1.29 is 9.53 Å². The van der Waals surface area contributed by atoms with Crippen LogP contribution in [0.5, 0.6) is 5.75 Å². The molecule has 0 aliphatic heterocycles. The summed E-state index contributed by atoms with van der Waals surface area (Å²) in [5.41, 5.74) is 1.59. The monoisotopic (exact) mass is 386 g/mol. The molecule has 0 spiro atoms. The van der Waals surface area contributed by atoms with Gasteiger partial charge in [-0.1, -0.05) is 23.7 Å². The molecule has 2 aromatic heterocycles. The Hall–Kier alpha value is -2.37. The maximum Gasteiger partial charge on any atom is 0.182 e. The molecule has 3 aromatic rings. The molecule has 2 heterocycles. The van der Waals surface area contributed by atoms with Crippen LogP contribution < -0.4 is 9.64 Å². The summed E-state index contributed by atoms with van der Waals surface area (Å²) >= 11 is 7.83. The fourth-order valence-corrected chi connectivity index (χ4v) is 3.69. The fraction of sp³-hybridized carbons (Fsp3) is 0.200. The summed E-state index contributed by atoms with van der Waals surface area (Å²) in [4.78, 5) is 20.5. The first-order valence-corrected chi connectivity index (χ1v) is 9.40. The second-order valence-corrected chi connectivity index (χ2v) is 7.29. The van der Waals surface area contributed by atoms with Gasteiger partial charge in [0.1, 0.15) is 11.6 Å². The van der Waals surface area contributed by atoms with Crippen molar-refractivity contribution in [3.8, 4) is 5.75 Å². The number of methoxy groups -OCH3 is 1. The smallest absolute Gasteiger partial charge is 0.182 e. The molecular formula is C20H19ClN2O2S. The molecular weight excluding hydrogens is 368 g/mol. The van der Waals surface area contributed by atoms with Crippen LogP contribution in [0.1, 0.15) is 20.8 Å². The van der Waals surface area contributed by atoms with E-state index in [1.807, 2.05) is 35.4 Å². The van der Waals surface area contributed by atoms with E-state index < -0.39 is 0 Å². The Morgan fingerprint density at radius 2 is 2.12 bits per heavy atom. The van der Waals surface area contributed by atoms with Crippen molar-refractivity contribution in [1.82, 2.24) is 4.98 Å². The van der Waals surface area contributed by atoms with Crippen molar-refractivity contribution in [3.05, 3.63) is 75.1 Å². The summed E-state index contributed by atoms with van der Waals surface area (Å²) in [5, 5.41) is 2.46. The van der Waals surface area contributed by atoms with Crippen LogP contribution in [0.2, 0.25) is 5.02 Å². The lowest BCUT2D eigenvalue weighted by Gasteiger charge is -2.24. The highest BCUT2D eigenvalue weighted by molar-refractivity contribution is 7.09.